The Morgan fingerprint density at radius 3 is 2.55 bits per heavy atom. The van der Waals surface area contributed by atoms with E-state index in [9.17, 15) is 12.8 Å². The molecule has 0 amide bonds. The van der Waals surface area contributed by atoms with Gasteiger partial charge in [0.05, 0.1) is 10.7 Å². The van der Waals surface area contributed by atoms with Crippen molar-refractivity contribution in [3.63, 3.8) is 0 Å². The van der Waals surface area contributed by atoms with Crippen LogP contribution in [0.5, 0.6) is 0 Å². The minimum absolute atomic E-state index is 0.163. The van der Waals surface area contributed by atoms with Crippen molar-refractivity contribution in [1.82, 2.24) is 0 Å². The van der Waals surface area contributed by atoms with E-state index in [0.717, 1.165) is 6.07 Å². The number of nitrogens with two attached hydrogens (primary N) is 1. The molecule has 7 heteroatoms. The van der Waals surface area contributed by atoms with Crippen LogP contribution in [0, 0.1) is 5.82 Å². The number of rotatable bonds is 4. The van der Waals surface area contributed by atoms with E-state index in [4.69, 9.17) is 17.3 Å². The Morgan fingerprint density at radius 1 is 1.15 bits per heavy atom. The van der Waals surface area contributed by atoms with Crippen LogP contribution in [-0.2, 0) is 16.6 Å². The van der Waals surface area contributed by atoms with E-state index in [1.54, 1.807) is 24.3 Å². The fourth-order valence-electron chi connectivity index (χ4n) is 1.69. The summed E-state index contributed by atoms with van der Waals surface area (Å²) < 4.78 is 40.5. The minimum Gasteiger partial charge on any atom is -0.326 e. The highest BCUT2D eigenvalue weighted by atomic mass is 35.5. The van der Waals surface area contributed by atoms with Gasteiger partial charge in [-0.3, -0.25) is 4.72 Å². The lowest BCUT2D eigenvalue weighted by molar-refractivity contribution is 0.570. The number of hydrogen-bond donors (Lipinski definition) is 2. The van der Waals surface area contributed by atoms with Crippen molar-refractivity contribution in [3.05, 3.63) is 58.9 Å². The minimum atomic E-state index is -4.06. The van der Waals surface area contributed by atoms with Gasteiger partial charge in [-0.05, 0) is 23.8 Å². The zero-order chi connectivity index (χ0) is 14.8. The second-order valence-corrected chi connectivity index (χ2v) is 6.08. The largest absolute Gasteiger partial charge is 0.326 e. The van der Waals surface area contributed by atoms with Crippen LogP contribution in [0.1, 0.15) is 5.56 Å². The van der Waals surface area contributed by atoms with Gasteiger partial charge < -0.3 is 5.73 Å². The van der Waals surface area contributed by atoms with Crippen LogP contribution >= 0.6 is 11.6 Å². The summed E-state index contributed by atoms with van der Waals surface area (Å²) in [5.74, 6) is -0.980. The first-order valence-electron chi connectivity index (χ1n) is 5.70. The van der Waals surface area contributed by atoms with Crippen LogP contribution in [0.3, 0.4) is 0 Å². The SMILES string of the molecule is NCc1ccccc1NS(=O)(=O)c1cccc(Cl)c1F. The highest BCUT2D eigenvalue weighted by molar-refractivity contribution is 7.92. The van der Waals surface area contributed by atoms with E-state index >= 15 is 0 Å². The second kappa shape index (κ2) is 5.78. The van der Waals surface area contributed by atoms with Gasteiger partial charge in [0.1, 0.15) is 4.90 Å². The van der Waals surface area contributed by atoms with Gasteiger partial charge in [-0.15, -0.1) is 0 Å². The summed E-state index contributed by atoms with van der Waals surface area (Å²) in [5, 5.41) is -0.250. The van der Waals surface area contributed by atoms with E-state index < -0.39 is 20.7 Å². The molecule has 0 heterocycles. The van der Waals surface area contributed by atoms with Gasteiger partial charge in [0.25, 0.3) is 10.0 Å². The van der Waals surface area contributed by atoms with E-state index in [2.05, 4.69) is 4.72 Å². The Morgan fingerprint density at radius 2 is 1.85 bits per heavy atom. The number of halogens is 2. The zero-order valence-electron chi connectivity index (χ0n) is 10.3. The van der Waals surface area contributed by atoms with Crippen molar-refractivity contribution in [2.45, 2.75) is 11.4 Å². The van der Waals surface area contributed by atoms with Crippen molar-refractivity contribution in [3.8, 4) is 0 Å². The molecule has 2 aromatic carbocycles. The van der Waals surface area contributed by atoms with Crippen molar-refractivity contribution >= 4 is 27.3 Å². The van der Waals surface area contributed by atoms with Crippen LogP contribution in [0.4, 0.5) is 10.1 Å². The zero-order valence-corrected chi connectivity index (χ0v) is 11.9. The van der Waals surface area contributed by atoms with Crippen molar-refractivity contribution in [2.24, 2.45) is 5.73 Å². The van der Waals surface area contributed by atoms with Gasteiger partial charge in [0.2, 0.25) is 0 Å². The Kier molecular flexibility index (Phi) is 4.27. The highest BCUT2D eigenvalue weighted by Crippen LogP contribution is 2.25. The first kappa shape index (κ1) is 14.8. The summed E-state index contributed by atoms with van der Waals surface area (Å²) in [6, 6.07) is 10.4. The van der Waals surface area contributed by atoms with Crippen LogP contribution in [0.2, 0.25) is 5.02 Å². The monoisotopic (exact) mass is 314 g/mol. The van der Waals surface area contributed by atoms with Gasteiger partial charge in [0.15, 0.2) is 5.82 Å². The molecule has 0 aliphatic heterocycles. The normalized spacial score (nSPS) is 11.3. The standard InChI is InChI=1S/C13H12ClFN2O2S/c14-10-5-3-7-12(13(10)15)20(18,19)17-11-6-2-1-4-9(11)8-16/h1-7,17H,8,16H2. The van der Waals surface area contributed by atoms with Gasteiger partial charge in [0, 0.05) is 6.54 Å². The van der Waals surface area contributed by atoms with E-state index in [1.807, 2.05) is 0 Å². The molecule has 0 fully saturated rings. The Balaban J connectivity index is 2.44. The molecule has 4 nitrogen and oxygen atoms in total. The average Bonchev–Trinajstić information content (AvgIpc) is 2.42. The van der Waals surface area contributed by atoms with E-state index in [1.165, 1.54) is 12.1 Å². The predicted molar refractivity (Wildman–Crippen MR) is 76.6 cm³/mol. The third-order valence-electron chi connectivity index (χ3n) is 2.69. The maximum atomic E-state index is 13.8. The fourth-order valence-corrected chi connectivity index (χ4v) is 3.12. The second-order valence-electron chi connectivity index (χ2n) is 4.02. The van der Waals surface area contributed by atoms with E-state index in [0.29, 0.717) is 11.3 Å². The summed E-state index contributed by atoms with van der Waals surface area (Å²) in [6.45, 7) is 0.163. The van der Waals surface area contributed by atoms with Crippen molar-refractivity contribution in [2.75, 3.05) is 4.72 Å². The molecule has 0 atom stereocenters. The number of benzene rings is 2. The third-order valence-corrected chi connectivity index (χ3v) is 4.36. The molecule has 0 saturated carbocycles. The molecule has 0 aliphatic rings. The molecule has 20 heavy (non-hydrogen) atoms. The molecular formula is C13H12ClFN2O2S. The molecule has 2 aromatic rings. The summed E-state index contributed by atoms with van der Waals surface area (Å²) in [6.07, 6.45) is 0. The Labute approximate surface area is 121 Å². The molecule has 3 N–H and O–H groups in total. The molecule has 0 saturated heterocycles. The molecule has 0 bridgehead atoms. The Hall–Kier alpha value is -1.63. The molecule has 2 rings (SSSR count). The van der Waals surface area contributed by atoms with Crippen LogP contribution < -0.4 is 10.5 Å². The topological polar surface area (TPSA) is 72.2 Å². The summed E-state index contributed by atoms with van der Waals surface area (Å²) in [7, 11) is -4.06. The number of hydrogen-bond acceptors (Lipinski definition) is 3. The molecule has 0 aliphatic carbocycles. The maximum absolute atomic E-state index is 13.8. The third kappa shape index (κ3) is 2.92. The van der Waals surface area contributed by atoms with E-state index in [-0.39, 0.29) is 11.6 Å². The molecule has 0 radical (unpaired) electrons. The molecule has 106 valence electrons. The molecular weight excluding hydrogens is 303 g/mol. The Bertz CT molecular complexity index is 735. The summed E-state index contributed by atoms with van der Waals surface area (Å²) in [5.41, 5.74) is 6.46. The lowest BCUT2D eigenvalue weighted by Crippen LogP contribution is -2.16. The van der Waals surface area contributed by atoms with Gasteiger partial charge in [-0.25, -0.2) is 12.8 Å². The molecule has 0 aromatic heterocycles. The number of nitrogens with one attached hydrogen (secondary N) is 1. The van der Waals surface area contributed by atoms with Crippen LogP contribution in [0.15, 0.2) is 47.4 Å². The van der Waals surface area contributed by atoms with Gasteiger partial charge >= 0.3 is 0 Å². The number of para-hydroxylation sites is 1. The van der Waals surface area contributed by atoms with Crippen molar-refractivity contribution in [1.29, 1.82) is 0 Å². The predicted octanol–water partition coefficient (Wildman–Crippen LogP) is 2.74. The van der Waals surface area contributed by atoms with Crippen molar-refractivity contribution < 1.29 is 12.8 Å². The first-order chi connectivity index (χ1) is 9.45. The maximum Gasteiger partial charge on any atom is 0.264 e. The van der Waals surface area contributed by atoms with Crippen LogP contribution in [-0.4, -0.2) is 8.42 Å². The van der Waals surface area contributed by atoms with Gasteiger partial charge in [-0.2, -0.15) is 0 Å². The summed E-state index contributed by atoms with van der Waals surface area (Å²) >= 11 is 5.59. The fraction of sp³-hybridized carbons (Fsp3) is 0.0769. The van der Waals surface area contributed by atoms with Gasteiger partial charge in [-0.1, -0.05) is 35.9 Å². The highest BCUT2D eigenvalue weighted by Gasteiger charge is 2.21. The number of sulfonamides is 1. The summed E-state index contributed by atoms with van der Waals surface area (Å²) in [4.78, 5) is -0.503. The van der Waals surface area contributed by atoms with Crippen LogP contribution in [0.25, 0.3) is 0 Å². The lowest BCUT2D eigenvalue weighted by Gasteiger charge is -2.12. The average molecular weight is 315 g/mol. The molecule has 0 spiro atoms. The number of anilines is 1. The smallest absolute Gasteiger partial charge is 0.264 e. The molecule has 0 unspecified atom stereocenters. The lowest BCUT2D eigenvalue weighted by atomic mass is 10.2. The quantitative estimate of drug-likeness (QED) is 0.911. The first-order valence-corrected chi connectivity index (χ1v) is 7.56.